The minimum Gasteiger partial charge on any atom is -0.285 e. The van der Waals surface area contributed by atoms with Crippen molar-refractivity contribution in [1.82, 2.24) is 10.2 Å². The van der Waals surface area contributed by atoms with E-state index in [0.29, 0.717) is 0 Å². The van der Waals surface area contributed by atoms with E-state index in [-0.39, 0.29) is 0 Å². The average molecular weight is 225 g/mol. The number of hydrogen-bond donors (Lipinski definition) is 1. The largest absolute Gasteiger partial charge is 0.285 e. The summed E-state index contributed by atoms with van der Waals surface area (Å²) in [6.45, 7) is 2.04. The highest BCUT2D eigenvalue weighted by Gasteiger charge is 2.02. The predicted octanol–water partition coefficient (Wildman–Crippen LogP) is 3.52. The van der Waals surface area contributed by atoms with Gasteiger partial charge in [0.1, 0.15) is 5.03 Å². The average Bonchev–Trinajstić information content (AvgIpc) is 2.62. The van der Waals surface area contributed by atoms with Crippen molar-refractivity contribution in [3.05, 3.63) is 41.0 Å². The first kappa shape index (κ1) is 9.62. The highest BCUT2D eigenvalue weighted by molar-refractivity contribution is 7.99. The molecule has 1 heterocycles. The quantitative estimate of drug-likeness (QED) is 0.846. The third-order valence-electron chi connectivity index (χ3n) is 1.83. The first-order valence-corrected chi connectivity index (χ1v) is 5.39. The van der Waals surface area contributed by atoms with Crippen LogP contribution in [0.15, 0.2) is 40.4 Å². The second-order valence-electron chi connectivity index (χ2n) is 2.92. The van der Waals surface area contributed by atoms with Gasteiger partial charge in [0.15, 0.2) is 0 Å². The summed E-state index contributed by atoms with van der Waals surface area (Å²) in [4.78, 5) is 1.18. The molecule has 2 rings (SSSR count). The zero-order valence-corrected chi connectivity index (χ0v) is 9.19. The van der Waals surface area contributed by atoms with Gasteiger partial charge >= 0.3 is 0 Å². The number of aromatic amines is 1. The van der Waals surface area contributed by atoms with Crippen LogP contribution in [-0.4, -0.2) is 10.2 Å². The van der Waals surface area contributed by atoms with E-state index in [9.17, 15) is 0 Å². The van der Waals surface area contributed by atoms with Crippen LogP contribution in [0.4, 0.5) is 0 Å². The van der Waals surface area contributed by atoms with Gasteiger partial charge in [0.25, 0.3) is 0 Å². The fraction of sp³-hybridized carbons (Fsp3) is 0.100. The number of benzene rings is 1. The Kier molecular flexibility index (Phi) is 2.79. The minimum absolute atomic E-state index is 0.772. The molecule has 0 aliphatic rings. The van der Waals surface area contributed by atoms with E-state index < -0.39 is 0 Å². The number of aromatic nitrogens is 2. The van der Waals surface area contributed by atoms with Gasteiger partial charge in [-0.3, -0.25) is 5.10 Å². The normalized spacial score (nSPS) is 10.4. The van der Waals surface area contributed by atoms with E-state index >= 15 is 0 Å². The summed E-state index contributed by atoms with van der Waals surface area (Å²) in [5.41, 5.74) is 1.17. The van der Waals surface area contributed by atoms with Crippen LogP contribution >= 0.6 is 23.4 Å². The van der Waals surface area contributed by atoms with E-state index in [0.717, 1.165) is 10.0 Å². The van der Waals surface area contributed by atoms with Crippen molar-refractivity contribution in [3.63, 3.8) is 0 Å². The summed E-state index contributed by atoms with van der Waals surface area (Å²) in [6.07, 6.45) is 1.81. The molecule has 0 unspecified atom stereocenters. The Labute approximate surface area is 91.7 Å². The maximum Gasteiger partial charge on any atom is 0.123 e. The smallest absolute Gasteiger partial charge is 0.123 e. The minimum atomic E-state index is 0.772. The van der Waals surface area contributed by atoms with Crippen molar-refractivity contribution in [2.45, 2.75) is 16.8 Å². The van der Waals surface area contributed by atoms with Gasteiger partial charge in [-0.1, -0.05) is 23.4 Å². The highest BCUT2D eigenvalue weighted by Crippen LogP contribution is 2.29. The fourth-order valence-corrected chi connectivity index (χ4v) is 2.19. The predicted molar refractivity (Wildman–Crippen MR) is 58.9 cm³/mol. The lowest BCUT2D eigenvalue weighted by molar-refractivity contribution is 1.00. The van der Waals surface area contributed by atoms with Crippen LogP contribution in [0.2, 0.25) is 5.02 Å². The summed E-state index contributed by atoms with van der Waals surface area (Å²) >= 11 is 7.50. The Balaban J connectivity index is 2.25. The summed E-state index contributed by atoms with van der Waals surface area (Å²) < 4.78 is 0. The molecule has 0 spiro atoms. The fourth-order valence-electron chi connectivity index (χ4n) is 1.14. The molecule has 0 amide bonds. The van der Waals surface area contributed by atoms with Crippen molar-refractivity contribution in [3.8, 4) is 0 Å². The molecule has 1 N–H and O–H groups in total. The number of aryl methyl sites for hydroxylation is 1. The zero-order valence-electron chi connectivity index (χ0n) is 7.62. The van der Waals surface area contributed by atoms with E-state index in [1.54, 1.807) is 11.8 Å². The molecule has 0 aliphatic heterocycles. The highest BCUT2D eigenvalue weighted by atomic mass is 35.5. The first-order valence-electron chi connectivity index (χ1n) is 4.19. The van der Waals surface area contributed by atoms with E-state index in [4.69, 9.17) is 11.6 Å². The van der Waals surface area contributed by atoms with Gasteiger partial charge in [-0.05, 0) is 36.8 Å². The summed E-state index contributed by atoms with van der Waals surface area (Å²) in [5.74, 6) is 0. The van der Waals surface area contributed by atoms with Crippen LogP contribution in [0.25, 0.3) is 0 Å². The van der Waals surface area contributed by atoms with Crippen molar-refractivity contribution in [1.29, 1.82) is 0 Å². The van der Waals surface area contributed by atoms with Gasteiger partial charge in [-0.15, -0.1) is 0 Å². The third-order valence-corrected chi connectivity index (χ3v) is 3.18. The van der Waals surface area contributed by atoms with E-state index in [2.05, 4.69) is 10.2 Å². The summed E-state index contributed by atoms with van der Waals surface area (Å²) in [5, 5.41) is 8.60. The van der Waals surface area contributed by atoms with Crippen molar-refractivity contribution in [2.24, 2.45) is 0 Å². The molecule has 1 aromatic heterocycles. The van der Waals surface area contributed by atoms with Crippen LogP contribution in [0, 0.1) is 6.92 Å². The van der Waals surface area contributed by atoms with Crippen LogP contribution < -0.4 is 0 Å². The molecule has 1 aromatic carbocycles. The van der Waals surface area contributed by atoms with Crippen LogP contribution in [0.3, 0.4) is 0 Å². The van der Waals surface area contributed by atoms with Crippen LogP contribution in [0.1, 0.15) is 5.56 Å². The standard InChI is InChI=1S/C10H9ClN2S/c1-7-6-8(11)2-3-9(7)14-10-4-5-12-13-10/h2-6H,1H3,(H,12,13). The van der Waals surface area contributed by atoms with Gasteiger partial charge in [-0.25, -0.2) is 0 Å². The number of hydrogen-bond acceptors (Lipinski definition) is 2. The van der Waals surface area contributed by atoms with Crippen molar-refractivity contribution < 1.29 is 0 Å². The molecule has 0 atom stereocenters. The SMILES string of the molecule is Cc1cc(Cl)ccc1Sc1cc[nH]n1. The molecule has 4 heteroatoms. The zero-order chi connectivity index (χ0) is 9.97. The Morgan fingerprint density at radius 2 is 2.21 bits per heavy atom. The Hall–Kier alpha value is -0.930. The molecule has 0 saturated heterocycles. The molecule has 0 fully saturated rings. The van der Waals surface area contributed by atoms with E-state index in [1.165, 1.54) is 10.5 Å². The monoisotopic (exact) mass is 224 g/mol. The molecule has 0 bridgehead atoms. The lowest BCUT2D eigenvalue weighted by Crippen LogP contribution is -1.79. The molecule has 0 aliphatic carbocycles. The maximum absolute atomic E-state index is 5.87. The Morgan fingerprint density at radius 1 is 1.36 bits per heavy atom. The third kappa shape index (κ3) is 2.11. The van der Waals surface area contributed by atoms with Gasteiger partial charge in [0.2, 0.25) is 0 Å². The molecule has 14 heavy (non-hydrogen) atoms. The number of H-pyrrole nitrogens is 1. The van der Waals surface area contributed by atoms with Crippen molar-refractivity contribution >= 4 is 23.4 Å². The molecular formula is C10H9ClN2S. The topological polar surface area (TPSA) is 28.7 Å². The Bertz CT molecular complexity index is 426. The lowest BCUT2D eigenvalue weighted by Gasteiger charge is -2.02. The molecule has 2 aromatic rings. The first-order chi connectivity index (χ1) is 6.75. The Morgan fingerprint density at radius 3 is 2.86 bits per heavy atom. The van der Waals surface area contributed by atoms with Gasteiger partial charge in [0.05, 0.1) is 0 Å². The van der Waals surface area contributed by atoms with Crippen LogP contribution in [0.5, 0.6) is 0 Å². The maximum atomic E-state index is 5.87. The van der Waals surface area contributed by atoms with Crippen LogP contribution in [-0.2, 0) is 0 Å². The number of halogens is 1. The molecule has 0 saturated carbocycles. The van der Waals surface area contributed by atoms with E-state index in [1.807, 2.05) is 37.4 Å². The number of rotatable bonds is 2. The second-order valence-corrected chi connectivity index (χ2v) is 4.42. The van der Waals surface area contributed by atoms with Gasteiger partial charge in [-0.2, -0.15) is 5.10 Å². The molecule has 72 valence electrons. The lowest BCUT2D eigenvalue weighted by atomic mass is 10.2. The van der Waals surface area contributed by atoms with Crippen molar-refractivity contribution in [2.75, 3.05) is 0 Å². The molecular weight excluding hydrogens is 216 g/mol. The summed E-state index contributed by atoms with van der Waals surface area (Å²) in [7, 11) is 0. The molecule has 0 radical (unpaired) electrons. The second kappa shape index (κ2) is 4.07. The number of nitrogens with zero attached hydrogens (tertiary/aromatic N) is 1. The summed E-state index contributed by atoms with van der Waals surface area (Å²) in [6, 6.07) is 7.80. The number of nitrogens with one attached hydrogen (secondary N) is 1. The van der Waals surface area contributed by atoms with Gasteiger partial charge in [0, 0.05) is 16.1 Å². The molecule has 2 nitrogen and oxygen atoms in total. The van der Waals surface area contributed by atoms with Gasteiger partial charge < -0.3 is 0 Å².